The summed E-state index contributed by atoms with van der Waals surface area (Å²) in [4.78, 5) is 20.9. The first-order valence-electron chi connectivity index (χ1n) is 8.46. The normalized spacial score (nSPS) is 14.5. The number of nitrogens with one attached hydrogen (secondary N) is 1. The molecule has 0 atom stereocenters. The highest BCUT2D eigenvalue weighted by Gasteiger charge is 2.20. The third-order valence-corrected chi connectivity index (χ3v) is 4.32. The van der Waals surface area contributed by atoms with Crippen molar-refractivity contribution in [1.29, 1.82) is 5.26 Å². The molecule has 1 aromatic carbocycles. The molecular weight excluding hydrogens is 330 g/mol. The summed E-state index contributed by atoms with van der Waals surface area (Å²) in [5.41, 5.74) is 1.24. The Balaban J connectivity index is 1.50. The van der Waals surface area contributed by atoms with Crippen molar-refractivity contribution < 1.29 is 9.53 Å². The molecule has 1 aliphatic heterocycles. The molecule has 0 spiro atoms. The quantitative estimate of drug-likeness (QED) is 0.883. The largest absolute Gasteiger partial charge is 0.495 e. The molecule has 2 heterocycles. The van der Waals surface area contributed by atoms with Gasteiger partial charge in [0.2, 0.25) is 5.91 Å². The van der Waals surface area contributed by atoms with E-state index in [1.54, 1.807) is 19.4 Å². The van der Waals surface area contributed by atoms with Crippen molar-refractivity contribution in [1.82, 2.24) is 9.88 Å². The number of hydrogen-bond acceptors (Lipinski definition) is 6. The number of anilines is 2. The Labute approximate surface area is 152 Å². The molecule has 0 aliphatic carbocycles. The predicted molar refractivity (Wildman–Crippen MR) is 99.2 cm³/mol. The Morgan fingerprint density at radius 3 is 2.65 bits per heavy atom. The van der Waals surface area contributed by atoms with Gasteiger partial charge in [-0.15, -0.1) is 0 Å². The summed E-state index contributed by atoms with van der Waals surface area (Å²) in [5, 5.41) is 11.7. The van der Waals surface area contributed by atoms with Crippen LogP contribution in [0.2, 0.25) is 0 Å². The fraction of sp³-hybridized carbons (Fsp3) is 0.316. The molecule has 7 nitrogen and oxygen atoms in total. The molecule has 134 valence electrons. The van der Waals surface area contributed by atoms with E-state index in [1.165, 1.54) is 0 Å². The summed E-state index contributed by atoms with van der Waals surface area (Å²) in [6.45, 7) is 3.48. The summed E-state index contributed by atoms with van der Waals surface area (Å²) >= 11 is 0. The molecule has 1 fully saturated rings. The number of carbonyl (C=O) groups is 1. The zero-order valence-electron chi connectivity index (χ0n) is 14.7. The Bertz CT molecular complexity index is 792. The van der Waals surface area contributed by atoms with Crippen LogP contribution in [-0.4, -0.2) is 55.6 Å². The van der Waals surface area contributed by atoms with Gasteiger partial charge in [-0.2, -0.15) is 5.26 Å². The zero-order chi connectivity index (χ0) is 18.4. The maximum absolute atomic E-state index is 12.3. The minimum atomic E-state index is -0.0561. The van der Waals surface area contributed by atoms with Crippen molar-refractivity contribution in [3.63, 3.8) is 0 Å². The maximum Gasteiger partial charge on any atom is 0.238 e. The number of para-hydroxylation sites is 2. The minimum Gasteiger partial charge on any atom is -0.495 e. The van der Waals surface area contributed by atoms with E-state index in [4.69, 9.17) is 10.00 Å². The third-order valence-electron chi connectivity index (χ3n) is 4.32. The average molecular weight is 351 g/mol. The Hall–Kier alpha value is -3.11. The molecular formula is C19H21N5O2. The van der Waals surface area contributed by atoms with E-state index in [0.29, 0.717) is 23.5 Å². The monoisotopic (exact) mass is 351 g/mol. The number of rotatable bonds is 5. The first-order chi connectivity index (χ1) is 12.7. The van der Waals surface area contributed by atoms with Gasteiger partial charge in [-0.25, -0.2) is 4.98 Å². The number of methoxy groups -OCH3 is 1. The Morgan fingerprint density at radius 2 is 2.00 bits per heavy atom. The highest BCUT2D eigenvalue weighted by atomic mass is 16.5. The molecule has 0 radical (unpaired) electrons. The van der Waals surface area contributed by atoms with Crippen LogP contribution in [0.15, 0.2) is 42.6 Å². The maximum atomic E-state index is 12.3. The van der Waals surface area contributed by atoms with Gasteiger partial charge in [-0.1, -0.05) is 12.1 Å². The number of ether oxygens (including phenoxy) is 1. The second-order valence-electron chi connectivity index (χ2n) is 6.03. The van der Waals surface area contributed by atoms with Crippen LogP contribution in [0.3, 0.4) is 0 Å². The van der Waals surface area contributed by atoms with Crippen LogP contribution in [0.1, 0.15) is 5.56 Å². The van der Waals surface area contributed by atoms with Crippen molar-refractivity contribution >= 4 is 17.4 Å². The van der Waals surface area contributed by atoms with Crippen molar-refractivity contribution in [3.05, 3.63) is 48.2 Å². The molecule has 1 saturated heterocycles. The molecule has 3 rings (SSSR count). The number of nitrogens with zero attached hydrogens (tertiary/aromatic N) is 4. The van der Waals surface area contributed by atoms with Crippen molar-refractivity contribution in [2.45, 2.75) is 0 Å². The fourth-order valence-corrected chi connectivity index (χ4v) is 2.92. The smallest absolute Gasteiger partial charge is 0.238 e. The van der Waals surface area contributed by atoms with E-state index >= 15 is 0 Å². The molecule has 1 N–H and O–H groups in total. The van der Waals surface area contributed by atoms with E-state index in [-0.39, 0.29) is 5.91 Å². The molecule has 0 unspecified atom stereocenters. The first kappa shape index (κ1) is 17.7. The van der Waals surface area contributed by atoms with E-state index in [2.05, 4.69) is 26.2 Å². The van der Waals surface area contributed by atoms with Gasteiger partial charge < -0.3 is 15.0 Å². The summed E-state index contributed by atoms with van der Waals surface area (Å²) in [5.74, 6) is 1.46. The van der Waals surface area contributed by atoms with E-state index < -0.39 is 0 Å². The van der Waals surface area contributed by atoms with E-state index in [0.717, 1.165) is 32.0 Å². The van der Waals surface area contributed by atoms with Gasteiger partial charge in [0.05, 0.1) is 24.9 Å². The highest BCUT2D eigenvalue weighted by molar-refractivity contribution is 5.93. The van der Waals surface area contributed by atoms with Gasteiger partial charge in [0.1, 0.15) is 17.6 Å². The van der Waals surface area contributed by atoms with Gasteiger partial charge >= 0.3 is 0 Å². The van der Waals surface area contributed by atoms with Crippen LogP contribution >= 0.6 is 0 Å². The van der Waals surface area contributed by atoms with Crippen LogP contribution in [0.25, 0.3) is 0 Å². The zero-order valence-corrected chi connectivity index (χ0v) is 14.7. The van der Waals surface area contributed by atoms with E-state index in [9.17, 15) is 4.79 Å². The van der Waals surface area contributed by atoms with Crippen molar-refractivity contribution in [2.24, 2.45) is 0 Å². The van der Waals surface area contributed by atoms with E-state index in [1.807, 2.05) is 30.3 Å². The summed E-state index contributed by atoms with van der Waals surface area (Å²) in [6, 6.07) is 13.1. The standard InChI is InChI=1S/C19H21N5O2/c1-26-17-5-3-2-4-16(17)22-19(25)14-23-8-10-24(11-9-23)18-7-6-15(12-20)13-21-18/h2-7,13H,8-11,14H2,1H3,(H,22,25). The lowest BCUT2D eigenvalue weighted by atomic mass is 10.2. The number of nitriles is 1. The lowest BCUT2D eigenvalue weighted by Crippen LogP contribution is -2.48. The van der Waals surface area contributed by atoms with Crippen LogP contribution in [0, 0.1) is 11.3 Å². The second-order valence-corrected chi connectivity index (χ2v) is 6.03. The molecule has 26 heavy (non-hydrogen) atoms. The van der Waals surface area contributed by atoms with Gasteiger partial charge in [0.15, 0.2) is 0 Å². The van der Waals surface area contributed by atoms with Crippen molar-refractivity contribution in [3.8, 4) is 11.8 Å². The lowest BCUT2D eigenvalue weighted by molar-refractivity contribution is -0.117. The number of benzene rings is 1. The summed E-state index contributed by atoms with van der Waals surface area (Å²) in [7, 11) is 1.58. The number of pyridine rings is 1. The van der Waals surface area contributed by atoms with Gasteiger partial charge in [-0.3, -0.25) is 9.69 Å². The molecule has 1 amide bonds. The molecule has 1 aromatic heterocycles. The molecule has 0 saturated carbocycles. The van der Waals surface area contributed by atoms with Crippen LogP contribution in [0.4, 0.5) is 11.5 Å². The number of carbonyl (C=O) groups excluding carboxylic acids is 1. The summed E-state index contributed by atoms with van der Waals surface area (Å²) < 4.78 is 5.25. The second kappa shape index (κ2) is 8.32. The Morgan fingerprint density at radius 1 is 1.23 bits per heavy atom. The fourth-order valence-electron chi connectivity index (χ4n) is 2.92. The Kier molecular flexibility index (Phi) is 5.66. The molecule has 7 heteroatoms. The average Bonchev–Trinajstić information content (AvgIpc) is 2.69. The highest BCUT2D eigenvalue weighted by Crippen LogP contribution is 2.23. The number of piperazine rings is 1. The topological polar surface area (TPSA) is 81.5 Å². The first-order valence-corrected chi connectivity index (χ1v) is 8.46. The molecule has 0 bridgehead atoms. The SMILES string of the molecule is COc1ccccc1NC(=O)CN1CCN(c2ccc(C#N)cn2)CC1. The minimum absolute atomic E-state index is 0.0561. The molecule has 1 aliphatic rings. The van der Waals surface area contributed by atoms with Crippen LogP contribution in [0.5, 0.6) is 5.75 Å². The molecule has 2 aromatic rings. The van der Waals surface area contributed by atoms with Gasteiger partial charge in [0.25, 0.3) is 0 Å². The number of amides is 1. The summed E-state index contributed by atoms with van der Waals surface area (Å²) in [6.07, 6.45) is 1.59. The van der Waals surface area contributed by atoms with Gasteiger partial charge in [-0.05, 0) is 24.3 Å². The van der Waals surface area contributed by atoms with Crippen LogP contribution < -0.4 is 15.0 Å². The predicted octanol–water partition coefficient (Wildman–Crippen LogP) is 1.72. The lowest BCUT2D eigenvalue weighted by Gasteiger charge is -2.35. The third kappa shape index (κ3) is 4.29. The number of aromatic nitrogens is 1. The van der Waals surface area contributed by atoms with Crippen molar-refractivity contribution in [2.75, 3.05) is 50.1 Å². The number of hydrogen-bond donors (Lipinski definition) is 1. The van der Waals surface area contributed by atoms with Crippen LogP contribution in [-0.2, 0) is 4.79 Å². The van der Waals surface area contributed by atoms with Gasteiger partial charge in [0, 0.05) is 32.4 Å².